The van der Waals surface area contributed by atoms with E-state index in [0.29, 0.717) is 0 Å². The molecule has 0 spiro atoms. The molecule has 3 heteroatoms. The van der Waals surface area contributed by atoms with E-state index in [1.54, 1.807) is 0 Å². The van der Waals surface area contributed by atoms with Crippen LogP contribution in [0.3, 0.4) is 0 Å². The highest BCUT2D eigenvalue weighted by molar-refractivity contribution is 6.76. The first-order chi connectivity index (χ1) is 7.12. The fraction of sp³-hybridized carbons (Fsp3) is 1.00. The predicted molar refractivity (Wildman–Crippen MR) is 75.4 cm³/mol. The van der Waals surface area contributed by atoms with Crippen molar-refractivity contribution in [3.05, 3.63) is 0 Å². The summed E-state index contributed by atoms with van der Waals surface area (Å²) < 4.78 is 0. The van der Waals surface area contributed by atoms with Gasteiger partial charge in [-0.3, -0.25) is 0 Å². The number of hydrogen-bond acceptors (Lipinski definition) is 2. The van der Waals surface area contributed by atoms with Crippen molar-refractivity contribution in [2.24, 2.45) is 0 Å². The quantitative estimate of drug-likeness (QED) is 0.765. The molecule has 96 valence electrons. The SMILES string of the molecule is CN(C)C1CCC([Si](C)(C)NC(C)(C)C)C1. The van der Waals surface area contributed by atoms with Crippen molar-refractivity contribution < 1.29 is 0 Å². The first kappa shape index (κ1) is 14.2. The van der Waals surface area contributed by atoms with Crippen LogP contribution in [-0.4, -0.2) is 38.8 Å². The molecule has 1 rings (SSSR count). The summed E-state index contributed by atoms with van der Waals surface area (Å²) in [6.45, 7) is 11.9. The predicted octanol–water partition coefficient (Wildman–Crippen LogP) is 3.06. The zero-order chi connectivity index (χ0) is 12.6. The Morgan fingerprint density at radius 2 is 1.69 bits per heavy atom. The maximum atomic E-state index is 3.92. The van der Waals surface area contributed by atoms with Gasteiger partial charge in [0.2, 0.25) is 0 Å². The number of nitrogens with zero attached hydrogens (tertiary/aromatic N) is 1. The van der Waals surface area contributed by atoms with Crippen molar-refractivity contribution in [3.8, 4) is 0 Å². The molecule has 2 nitrogen and oxygen atoms in total. The summed E-state index contributed by atoms with van der Waals surface area (Å²) in [7, 11) is 3.17. The third kappa shape index (κ3) is 3.86. The lowest BCUT2D eigenvalue weighted by Crippen LogP contribution is -2.56. The van der Waals surface area contributed by atoms with Gasteiger partial charge in [0, 0.05) is 11.6 Å². The number of rotatable bonds is 3. The van der Waals surface area contributed by atoms with Crippen molar-refractivity contribution in [1.82, 2.24) is 9.88 Å². The van der Waals surface area contributed by atoms with Crippen molar-refractivity contribution >= 4 is 8.24 Å². The summed E-state index contributed by atoms with van der Waals surface area (Å²) in [6.07, 6.45) is 4.21. The molecular formula is C13H30N2Si. The minimum atomic E-state index is -1.27. The second-order valence-electron chi connectivity index (χ2n) is 7.22. The first-order valence-corrected chi connectivity index (χ1v) is 9.65. The second kappa shape index (κ2) is 4.79. The van der Waals surface area contributed by atoms with Crippen LogP contribution in [0.4, 0.5) is 0 Å². The van der Waals surface area contributed by atoms with E-state index in [4.69, 9.17) is 0 Å². The molecule has 0 aromatic rings. The molecule has 0 saturated heterocycles. The minimum absolute atomic E-state index is 0.270. The van der Waals surface area contributed by atoms with E-state index < -0.39 is 8.24 Å². The molecule has 0 aliphatic heterocycles. The molecule has 1 fully saturated rings. The molecule has 16 heavy (non-hydrogen) atoms. The van der Waals surface area contributed by atoms with Gasteiger partial charge in [0.05, 0.1) is 0 Å². The average molecular weight is 242 g/mol. The number of hydrogen-bond donors (Lipinski definition) is 1. The lowest BCUT2D eigenvalue weighted by Gasteiger charge is -2.38. The van der Waals surface area contributed by atoms with Gasteiger partial charge in [0.25, 0.3) is 0 Å². The Morgan fingerprint density at radius 1 is 1.12 bits per heavy atom. The Hall–Kier alpha value is 0.137. The van der Waals surface area contributed by atoms with Crippen molar-refractivity contribution in [3.63, 3.8) is 0 Å². The second-order valence-corrected chi connectivity index (χ2v) is 11.7. The molecule has 2 atom stereocenters. The summed E-state index contributed by atoms with van der Waals surface area (Å²) in [5, 5.41) is 0. The van der Waals surface area contributed by atoms with Gasteiger partial charge >= 0.3 is 0 Å². The highest BCUT2D eigenvalue weighted by Gasteiger charge is 2.40. The molecule has 1 aliphatic carbocycles. The van der Waals surface area contributed by atoms with Crippen LogP contribution in [0.15, 0.2) is 0 Å². The normalized spacial score (nSPS) is 27.8. The summed E-state index contributed by atoms with van der Waals surface area (Å²) in [4.78, 5) is 6.32. The van der Waals surface area contributed by atoms with Gasteiger partial charge < -0.3 is 9.88 Å². The smallest absolute Gasteiger partial charge is 0.123 e. The van der Waals surface area contributed by atoms with E-state index in [-0.39, 0.29) is 5.54 Å². The molecule has 1 N–H and O–H groups in total. The summed E-state index contributed by atoms with van der Waals surface area (Å²) in [5.74, 6) is 0. The van der Waals surface area contributed by atoms with E-state index in [1.807, 2.05) is 0 Å². The van der Waals surface area contributed by atoms with Gasteiger partial charge in [-0.25, -0.2) is 0 Å². The first-order valence-electron chi connectivity index (χ1n) is 6.57. The van der Waals surface area contributed by atoms with Gasteiger partial charge in [0.15, 0.2) is 0 Å². The van der Waals surface area contributed by atoms with Crippen LogP contribution < -0.4 is 4.98 Å². The molecule has 1 aliphatic rings. The third-order valence-electron chi connectivity index (χ3n) is 3.85. The molecule has 0 aromatic carbocycles. The fourth-order valence-corrected chi connectivity index (χ4v) is 7.04. The number of nitrogens with one attached hydrogen (secondary N) is 1. The Labute approximate surface area is 103 Å². The van der Waals surface area contributed by atoms with E-state index in [1.165, 1.54) is 19.3 Å². The van der Waals surface area contributed by atoms with Crippen LogP contribution in [0.25, 0.3) is 0 Å². The van der Waals surface area contributed by atoms with Crippen LogP contribution >= 0.6 is 0 Å². The van der Waals surface area contributed by atoms with Gasteiger partial charge in [-0.1, -0.05) is 19.5 Å². The van der Waals surface area contributed by atoms with E-state index in [9.17, 15) is 0 Å². The van der Waals surface area contributed by atoms with E-state index in [0.717, 1.165) is 11.6 Å². The Kier molecular flexibility index (Phi) is 4.25. The highest BCUT2D eigenvalue weighted by Crippen LogP contribution is 2.39. The van der Waals surface area contributed by atoms with Crippen LogP contribution in [0.1, 0.15) is 40.0 Å². The van der Waals surface area contributed by atoms with Crippen molar-refractivity contribution in [2.45, 2.75) is 70.2 Å². The van der Waals surface area contributed by atoms with Crippen LogP contribution in [0, 0.1) is 0 Å². The lowest BCUT2D eigenvalue weighted by atomic mass is 10.1. The molecular weight excluding hydrogens is 212 g/mol. The summed E-state index contributed by atoms with van der Waals surface area (Å²) in [5.41, 5.74) is 1.21. The van der Waals surface area contributed by atoms with Crippen LogP contribution in [-0.2, 0) is 0 Å². The highest BCUT2D eigenvalue weighted by atomic mass is 28.3. The van der Waals surface area contributed by atoms with Crippen LogP contribution in [0.2, 0.25) is 18.6 Å². The van der Waals surface area contributed by atoms with Gasteiger partial charge in [-0.2, -0.15) is 0 Å². The average Bonchev–Trinajstić information content (AvgIpc) is 2.46. The Balaban J connectivity index is 2.58. The summed E-state index contributed by atoms with van der Waals surface area (Å²) in [6, 6.07) is 0.818. The maximum absolute atomic E-state index is 3.92. The van der Waals surface area contributed by atoms with Crippen LogP contribution in [0.5, 0.6) is 0 Å². The summed E-state index contributed by atoms with van der Waals surface area (Å²) >= 11 is 0. The van der Waals surface area contributed by atoms with Gasteiger partial charge in [-0.15, -0.1) is 0 Å². The van der Waals surface area contributed by atoms with Crippen molar-refractivity contribution in [2.75, 3.05) is 14.1 Å². The zero-order valence-corrected chi connectivity index (χ0v) is 13.2. The van der Waals surface area contributed by atoms with E-state index >= 15 is 0 Å². The topological polar surface area (TPSA) is 15.3 Å². The molecule has 1 saturated carbocycles. The van der Waals surface area contributed by atoms with E-state index in [2.05, 4.69) is 57.8 Å². The lowest BCUT2D eigenvalue weighted by molar-refractivity contribution is 0.298. The van der Waals surface area contributed by atoms with Gasteiger partial charge in [-0.05, 0) is 53.2 Å². The molecule has 0 amide bonds. The molecule has 0 heterocycles. The fourth-order valence-electron chi connectivity index (χ4n) is 3.15. The van der Waals surface area contributed by atoms with Gasteiger partial charge in [0.1, 0.15) is 8.24 Å². The largest absolute Gasteiger partial charge is 0.332 e. The Morgan fingerprint density at radius 3 is 2.06 bits per heavy atom. The standard InChI is InChI=1S/C13H30N2Si/c1-13(2,3)14-16(6,7)12-9-8-11(10-12)15(4)5/h11-12,14H,8-10H2,1-7H3. The zero-order valence-electron chi connectivity index (χ0n) is 12.2. The Bertz CT molecular complexity index is 231. The van der Waals surface area contributed by atoms with Crippen molar-refractivity contribution in [1.29, 1.82) is 0 Å². The molecule has 0 radical (unpaired) electrons. The minimum Gasteiger partial charge on any atom is -0.332 e. The third-order valence-corrected chi connectivity index (χ3v) is 7.81. The molecule has 0 aromatic heterocycles. The monoisotopic (exact) mass is 242 g/mol. The molecule has 0 bridgehead atoms. The molecule has 2 unspecified atom stereocenters. The maximum Gasteiger partial charge on any atom is 0.123 e.